The second-order valence-electron chi connectivity index (χ2n) is 11.4. The van der Waals surface area contributed by atoms with Crippen LogP contribution in [0.1, 0.15) is 56.5 Å². The van der Waals surface area contributed by atoms with E-state index in [0.29, 0.717) is 41.8 Å². The van der Waals surface area contributed by atoms with E-state index in [-0.39, 0.29) is 60.3 Å². The van der Waals surface area contributed by atoms with Crippen molar-refractivity contribution in [3.8, 4) is 5.75 Å². The number of Topliss-reactive ketones (excluding diaryl/α,β-unsaturated/α-hetero) is 1. The van der Waals surface area contributed by atoms with Gasteiger partial charge in [-0.3, -0.25) is 0 Å². The van der Waals surface area contributed by atoms with E-state index in [4.69, 9.17) is 18.9 Å². The van der Waals surface area contributed by atoms with Crippen molar-refractivity contribution in [3.05, 3.63) is 40.8 Å². The van der Waals surface area contributed by atoms with Crippen molar-refractivity contribution in [2.24, 2.45) is 10.4 Å². The molecular weight excluding hydrogens is 575 g/mol. The summed E-state index contributed by atoms with van der Waals surface area (Å²) >= 11 is -0.290. The number of amides is 1. The topological polar surface area (TPSA) is 86.7 Å². The molecule has 0 saturated carbocycles. The Balaban J connectivity index is 1.18. The van der Waals surface area contributed by atoms with Gasteiger partial charge >= 0.3 is 222 Å². The summed E-state index contributed by atoms with van der Waals surface area (Å²) in [5.74, 6) is 1.47. The Hall–Kier alpha value is -1.98. The minimum absolute atomic E-state index is 0.0283. The number of hydrogen-bond donors (Lipinski definition) is 0. The summed E-state index contributed by atoms with van der Waals surface area (Å²) in [4.78, 5) is 31.4. The number of rotatable bonds is 5. The van der Waals surface area contributed by atoms with Crippen molar-refractivity contribution in [2.75, 3.05) is 19.8 Å². The molecule has 2 bridgehead atoms. The van der Waals surface area contributed by atoms with Gasteiger partial charge in [0.15, 0.2) is 0 Å². The van der Waals surface area contributed by atoms with Gasteiger partial charge in [-0.15, -0.1) is 0 Å². The van der Waals surface area contributed by atoms with Crippen LogP contribution in [0.25, 0.3) is 0 Å². The Morgan fingerprint density at radius 2 is 2.11 bits per heavy atom. The quantitative estimate of drug-likeness (QED) is 0.363. The zero-order valence-electron chi connectivity index (χ0n) is 21.1. The fourth-order valence-electron chi connectivity index (χ4n) is 5.45. The molecule has 6 rings (SSSR count). The molecule has 3 fully saturated rings. The third-order valence-electron chi connectivity index (χ3n) is 7.40. The third-order valence-corrected chi connectivity index (χ3v) is 11.3. The molecule has 5 unspecified atom stereocenters. The van der Waals surface area contributed by atoms with Crippen molar-refractivity contribution >= 4 is 18.1 Å². The molecule has 4 heterocycles. The van der Waals surface area contributed by atoms with E-state index < -0.39 is 0 Å². The number of fused-ring (bicyclic) bond motifs is 4. The number of ether oxygens (including phenoxy) is 4. The van der Waals surface area contributed by atoms with Crippen molar-refractivity contribution in [2.45, 2.75) is 72.7 Å². The molecule has 3 saturated heterocycles. The number of ketones is 1. The minimum atomic E-state index is -0.355. The summed E-state index contributed by atoms with van der Waals surface area (Å²) in [6, 6.07) is 5.47. The molecular formula is C27H32IN2O6-. The number of alkyl halides is 2. The summed E-state index contributed by atoms with van der Waals surface area (Å²) in [5.41, 5.74) is 2.77. The van der Waals surface area contributed by atoms with Gasteiger partial charge in [0.25, 0.3) is 0 Å². The zero-order chi connectivity index (χ0) is 25.2. The predicted molar refractivity (Wildman–Crippen MR) is 128 cm³/mol. The SMILES string of the molecule is CC1=C(Oc2ccc3c(c2)CCC3=O)N=CC2[I-]C12OC1CC2COCC1N2C(=O)OCC(C)(C)C. The summed E-state index contributed by atoms with van der Waals surface area (Å²) in [5, 5.41) is 0. The number of benzene rings is 1. The number of aryl methyl sites for hydroxylation is 1. The van der Waals surface area contributed by atoms with E-state index >= 15 is 0 Å². The molecule has 0 N–H and O–H groups in total. The van der Waals surface area contributed by atoms with E-state index in [0.717, 1.165) is 29.5 Å². The first kappa shape index (κ1) is 24.4. The van der Waals surface area contributed by atoms with Gasteiger partial charge in [0, 0.05) is 0 Å². The average Bonchev–Trinajstić information content (AvgIpc) is 3.38. The van der Waals surface area contributed by atoms with Crippen LogP contribution in [0.3, 0.4) is 0 Å². The van der Waals surface area contributed by atoms with Gasteiger partial charge in [0.1, 0.15) is 0 Å². The molecule has 194 valence electrons. The number of nitrogens with zero attached hydrogens (tertiary/aromatic N) is 2. The Labute approximate surface area is 221 Å². The van der Waals surface area contributed by atoms with Crippen molar-refractivity contribution in [3.63, 3.8) is 0 Å². The van der Waals surface area contributed by atoms with Crippen LogP contribution in [0.15, 0.2) is 34.6 Å². The van der Waals surface area contributed by atoms with Crippen LogP contribution in [0.5, 0.6) is 5.75 Å². The van der Waals surface area contributed by atoms with E-state index in [2.05, 4.69) is 32.7 Å². The Morgan fingerprint density at radius 1 is 1.28 bits per heavy atom. The number of aliphatic imine (C=N–C) groups is 1. The van der Waals surface area contributed by atoms with Crippen molar-refractivity contribution in [1.29, 1.82) is 0 Å². The first-order valence-electron chi connectivity index (χ1n) is 12.6. The van der Waals surface area contributed by atoms with Gasteiger partial charge < -0.3 is 0 Å². The average molecular weight is 607 g/mol. The van der Waals surface area contributed by atoms with Crippen LogP contribution in [-0.2, 0) is 20.6 Å². The molecule has 0 radical (unpaired) electrons. The number of carbonyl (C=O) groups is 2. The summed E-state index contributed by atoms with van der Waals surface area (Å²) < 4.78 is 24.5. The molecule has 1 aromatic carbocycles. The number of hydrogen-bond acceptors (Lipinski definition) is 7. The molecule has 0 spiro atoms. The monoisotopic (exact) mass is 607 g/mol. The summed E-state index contributed by atoms with van der Waals surface area (Å²) in [6.07, 6.45) is 3.65. The maximum atomic E-state index is 13.0. The molecule has 1 aliphatic carbocycles. The van der Waals surface area contributed by atoms with Gasteiger partial charge in [-0.05, 0) is 0 Å². The fraction of sp³-hybridized carbons (Fsp3) is 0.593. The Kier molecular flexibility index (Phi) is 5.96. The zero-order valence-corrected chi connectivity index (χ0v) is 23.2. The molecule has 4 aliphatic heterocycles. The molecule has 5 aliphatic rings. The van der Waals surface area contributed by atoms with Crippen molar-refractivity contribution in [1.82, 2.24) is 4.90 Å². The normalized spacial score (nSPS) is 32.7. The first-order chi connectivity index (χ1) is 17.1. The summed E-state index contributed by atoms with van der Waals surface area (Å²) in [7, 11) is 0. The van der Waals surface area contributed by atoms with E-state index in [1.54, 1.807) is 0 Å². The second-order valence-corrected chi connectivity index (χ2v) is 14.9. The number of halogens is 1. The van der Waals surface area contributed by atoms with Gasteiger partial charge in [0.2, 0.25) is 0 Å². The first-order valence-corrected chi connectivity index (χ1v) is 14.9. The Morgan fingerprint density at radius 3 is 2.92 bits per heavy atom. The fourth-order valence-corrected chi connectivity index (χ4v) is 8.54. The van der Waals surface area contributed by atoms with Crippen LogP contribution in [0.2, 0.25) is 0 Å². The van der Waals surface area contributed by atoms with Gasteiger partial charge in [-0.1, -0.05) is 0 Å². The molecule has 8 nitrogen and oxygen atoms in total. The standard InChI is InChI=1S/C27H32IN2O6/c1-15-24(35-18-6-7-19-16(9-18)5-8-21(19)31)29-11-23-27(15,28-23)36-22-10-17-12-33-13-20(22)30(17)25(32)34-14-26(2,3)4/h6-7,9,11,17,20,22-23H,5,8,10,12-14H2,1-4H3/q-1. The van der Waals surface area contributed by atoms with Crippen LogP contribution in [-0.4, -0.2) is 68.5 Å². The number of morpholine rings is 1. The molecule has 9 heteroatoms. The maximum absolute atomic E-state index is 13.0. The third kappa shape index (κ3) is 4.26. The van der Waals surface area contributed by atoms with Crippen LogP contribution < -0.4 is 25.9 Å². The summed E-state index contributed by atoms with van der Waals surface area (Å²) in [6.45, 7) is 9.56. The predicted octanol–water partition coefficient (Wildman–Crippen LogP) is 0.719. The van der Waals surface area contributed by atoms with E-state index in [1.165, 1.54) is 0 Å². The van der Waals surface area contributed by atoms with Crippen molar-refractivity contribution < 1.29 is 49.7 Å². The van der Waals surface area contributed by atoms with Crippen LogP contribution in [0, 0.1) is 5.41 Å². The van der Waals surface area contributed by atoms with Crippen LogP contribution >= 0.6 is 0 Å². The second kappa shape index (κ2) is 8.80. The van der Waals surface area contributed by atoms with E-state index in [1.807, 2.05) is 29.3 Å². The molecule has 1 amide bonds. The Bertz CT molecular complexity index is 1170. The molecule has 1 aromatic rings. The van der Waals surface area contributed by atoms with Gasteiger partial charge in [0.05, 0.1) is 0 Å². The number of carbonyl (C=O) groups excluding carboxylic acids is 2. The van der Waals surface area contributed by atoms with E-state index in [9.17, 15) is 9.59 Å². The van der Waals surface area contributed by atoms with Gasteiger partial charge in [-0.2, -0.15) is 0 Å². The molecule has 36 heavy (non-hydrogen) atoms. The van der Waals surface area contributed by atoms with Crippen LogP contribution in [0.4, 0.5) is 4.79 Å². The van der Waals surface area contributed by atoms with Gasteiger partial charge in [-0.25, -0.2) is 0 Å². The molecule has 0 aromatic heterocycles. The molecule has 5 atom stereocenters.